The average molecular weight is 289 g/mol. The van der Waals surface area contributed by atoms with E-state index in [1.807, 2.05) is 36.1 Å². The fraction of sp³-hybridized carbons (Fsp3) is 0.500. The zero-order valence-corrected chi connectivity index (χ0v) is 12.6. The van der Waals surface area contributed by atoms with Crippen molar-refractivity contribution >= 4 is 11.8 Å². The predicted octanol–water partition coefficient (Wildman–Crippen LogP) is 1.06. The molecular formula is C16H23N3O2. The fourth-order valence-electron chi connectivity index (χ4n) is 2.44. The molecule has 3 N–H and O–H groups in total. The zero-order chi connectivity index (χ0) is 15.4. The minimum Gasteiger partial charge on any atom is -0.352 e. The molecule has 1 aromatic carbocycles. The number of amides is 2. The van der Waals surface area contributed by atoms with Gasteiger partial charge in [0.2, 0.25) is 5.91 Å². The molecule has 1 atom stereocenters. The minimum atomic E-state index is -0.489. The van der Waals surface area contributed by atoms with Crippen molar-refractivity contribution < 1.29 is 9.59 Å². The topological polar surface area (TPSA) is 75.4 Å². The van der Waals surface area contributed by atoms with Crippen LogP contribution in [-0.2, 0) is 4.79 Å². The third-order valence-electron chi connectivity index (χ3n) is 3.84. The van der Waals surface area contributed by atoms with Gasteiger partial charge in [-0.3, -0.25) is 9.59 Å². The van der Waals surface area contributed by atoms with Gasteiger partial charge in [-0.15, -0.1) is 0 Å². The van der Waals surface area contributed by atoms with Crippen molar-refractivity contribution in [3.8, 4) is 0 Å². The Labute approximate surface area is 125 Å². The Morgan fingerprint density at radius 2 is 1.81 bits per heavy atom. The van der Waals surface area contributed by atoms with Crippen LogP contribution >= 0.6 is 0 Å². The molecule has 5 nitrogen and oxygen atoms in total. The summed E-state index contributed by atoms with van der Waals surface area (Å²) in [4.78, 5) is 25.8. The van der Waals surface area contributed by atoms with E-state index in [0.717, 1.165) is 24.0 Å². The van der Waals surface area contributed by atoms with E-state index in [-0.39, 0.29) is 17.9 Å². The zero-order valence-electron chi connectivity index (χ0n) is 12.6. The smallest absolute Gasteiger partial charge is 0.253 e. The van der Waals surface area contributed by atoms with Crippen LogP contribution in [0.3, 0.4) is 0 Å². The number of hydrogen-bond donors (Lipinski definition) is 2. The van der Waals surface area contributed by atoms with Crippen LogP contribution in [0.1, 0.15) is 35.7 Å². The summed E-state index contributed by atoms with van der Waals surface area (Å²) in [5.74, 6) is -0.0646. The van der Waals surface area contributed by atoms with Gasteiger partial charge in [-0.05, 0) is 38.8 Å². The van der Waals surface area contributed by atoms with E-state index >= 15 is 0 Å². The average Bonchev–Trinajstić information content (AvgIpc) is 2.48. The summed E-state index contributed by atoms with van der Waals surface area (Å²) in [6.45, 7) is 5.00. The van der Waals surface area contributed by atoms with Crippen molar-refractivity contribution in [3.05, 3.63) is 35.4 Å². The second-order valence-corrected chi connectivity index (χ2v) is 5.73. The third kappa shape index (κ3) is 4.04. The maximum atomic E-state index is 12.4. The summed E-state index contributed by atoms with van der Waals surface area (Å²) in [5.41, 5.74) is 7.40. The van der Waals surface area contributed by atoms with Gasteiger partial charge in [0.1, 0.15) is 0 Å². The number of nitrogens with one attached hydrogen (secondary N) is 1. The number of hydrogen-bond acceptors (Lipinski definition) is 3. The minimum absolute atomic E-state index is 0.0620. The Morgan fingerprint density at radius 3 is 2.33 bits per heavy atom. The van der Waals surface area contributed by atoms with Gasteiger partial charge in [-0.2, -0.15) is 0 Å². The van der Waals surface area contributed by atoms with Crippen LogP contribution in [0.2, 0.25) is 0 Å². The Hall–Kier alpha value is -1.88. The molecule has 0 bridgehead atoms. The molecule has 0 aromatic heterocycles. The van der Waals surface area contributed by atoms with Gasteiger partial charge in [0, 0.05) is 24.7 Å². The standard InChI is InChI=1S/C16H23N3O2/c1-11-3-5-13(6-4-11)16(21)19-9-7-14(8-10-19)18-15(20)12(2)17/h3-6,12,14H,7-10,17H2,1-2H3,(H,18,20)/t12-/m0/s1. The molecule has 0 aliphatic carbocycles. The molecule has 1 saturated heterocycles. The first-order valence-corrected chi connectivity index (χ1v) is 7.39. The lowest BCUT2D eigenvalue weighted by molar-refractivity contribution is -0.122. The van der Waals surface area contributed by atoms with E-state index < -0.39 is 6.04 Å². The molecule has 1 fully saturated rings. The first-order valence-electron chi connectivity index (χ1n) is 7.39. The molecule has 2 rings (SSSR count). The number of aryl methyl sites for hydroxylation is 1. The maximum absolute atomic E-state index is 12.4. The lowest BCUT2D eigenvalue weighted by Crippen LogP contribution is -2.49. The molecule has 1 aliphatic heterocycles. The Bertz CT molecular complexity index is 503. The van der Waals surface area contributed by atoms with Crippen LogP contribution in [0.4, 0.5) is 0 Å². The van der Waals surface area contributed by atoms with E-state index in [0.29, 0.717) is 13.1 Å². The molecule has 0 spiro atoms. The van der Waals surface area contributed by atoms with Crippen molar-refractivity contribution in [3.63, 3.8) is 0 Å². The number of nitrogens with zero attached hydrogens (tertiary/aromatic N) is 1. The highest BCUT2D eigenvalue weighted by molar-refractivity contribution is 5.94. The van der Waals surface area contributed by atoms with Crippen LogP contribution in [0.5, 0.6) is 0 Å². The molecule has 1 aliphatic rings. The molecule has 1 aromatic rings. The van der Waals surface area contributed by atoms with Crippen LogP contribution < -0.4 is 11.1 Å². The number of rotatable bonds is 3. The third-order valence-corrected chi connectivity index (χ3v) is 3.84. The molecule has 1 heterocycles. The van der Waals surface area contributed by atoms with E-state index in [1.165, 1.54) is 0 Å². The van der Waals surface area contributed by atoms with Crippen molar-refractivity contribution in [1.29, 1.82) is 0 Å². The number of piperidine rings is 1. The van der Waals surface area contributed by atoms with Gasteiger partial charge in [0.05, 0.1) is 6.04 Å². The Balaban J connectivity index is 1.87. The molecule has 0 radical (unpaired) electrons. The molecule has 114 valence electrons. The van der Waals surface area contributed by atoms with Crippen molar-refractivity contribution in [1.82, 2.24) is 10.2 Å². The number of likely N-dealkylation sites (tertiary alicyclic amines) is 1. The number of carbonyl (C=O) groups is 2. The molecule has 0 unspecified atom stereocenters. The first kappa shape index (κ1) is 15.5. The largest absolute Gasteiger partial charge is 0.352 e. The Kier molecular flexibility index (Phi) is 4.96. The molecule has 2 amide bonds. The lowest BCUT2D eigenvalue weighted by atomic mass is 10.0. The summed E-state index contributed by atoms with van der Waals surface area (Å²) >= 11 is 0. The quantitative estimate of drug-likeness (QED) is 0.874. The highest BCUT2D eigenvalue weighted by Gasteiger charge is 2.25. The second kappa shape index (κ2) is 6.72. The number of carbonyl (C=O) groups excluding carboxylic acids is 2. The summed E-state index contributed by atoms with van der Waals surface area (Å²) < 4.78 is 0. The molecule has 5 heteroatoms. The van der Waals surface area contributed by atoms with Gasteiger partial charge >= 0.3 is 0 Å². The predicted molar refractivity (Wildman–Crippen MR) is 81.9 cm³/mol. The van der Waals surface area contributed by atoms with Gasteiger partial charge in [0.15, 0.2) is 0 Å². The van der Waals surface area contributed by atoms with Gasteiger partial charge in [-0.25, -0.2) is 0 Å². The van der Waals surface area contributed by atoms with Gasteiger partial charge < -0.3 is 16.0 Å². The summed E-state index contributed by atoms with van der Waals surface area (Å²) in [6.07, 6.45) is 1.55. The van der Waals surface area contributed by atoms with Crippen molar-refractivity contribution in [2.24, 2.45) is 5.73 Å². The summed E-state index contributed by atoms with van der Waals surface area (Å²) in [5, 5.41) is 2.92. The number of benzene rings is 1. The Morgan fingerprint density at radius 1 is 1.24 bits per heavy atom. The molecule has 21 heavy (non-hydrogen) atoms. The van der Waals surface area contributed by atoms with Crippen LogP contribution in [0, 0.1) is 6.92 Å². The highest BCUT2D eigenvalue weighted by atomic mass is 16.2. The second-order valence-electron chi connectivity index (χ2n) is 5.73. The van der Waals surface area contributed by atoms with Gasteiger partial charge in [0.25, 0.3) is 5.91 Å². The first-order chi connectivity index (χ1) is 9.97. The monoisotopic (exact) mass is 289 g/mol. The SMILES string of the molecule is Cc1ccc(C(=O)N2CCC(NC(=O)[C@H](C)N)CC2)cc1. The molecule has 0 saturated carbocycles. The molecular weight excluding hydrogens is 266 g/mol. The van der Waals surface area contributed by atoms with E-state index in [4.69, 9.17) is 5.73 Å². The van der Waals surface area contributed by atoms with Crippen LogP contribution in [-0.4, -0.2) is 41.9 Å². The maximum Gasteiger partial charge on any atom is 0.253 e. The van der Waals surface area contributed by atoms with E-state index in [9.17, 15) is 9.59 Å². The van der Waals surface area contributed by atoms with E-state index in [1.54, 1.807) is 6.92 Å². The van der Waals surface area contributed by atoms with Crippen molar-refractivity contribution in [2.75, 3.05) is 13.1 Å². The lowest BCUT2D eigenvalue weighted by Gasteiger charge is -2.32. The summed E-state index contributed by atoms with van der Waals surface area (Å²) in [7, 11) is 0. The highest BCUT2D eigenvalue weighted by Crippen LogP contribution is 2.14. The van der Waals surface area contributed by atoms with E-state index in [2.05, 4.69) is 5.32 Å². The number of nitrogens with two attached hydrogens (primary N) is 1. The summed E-state index contributed by atoms with van der Waals surface area (Å²) in [6, 6.07) is 7.25. The normalized spacial score (nSPS) is 17.4. The van der Waals surface area contributed by atoms with Crippen LogP contribution in [0.15, 0.2) is 24.3 Å². The van der Waals surface area contributed by atoms with Gasteiger partial charge in [-0.1, -0.05) is 17.7 Å². The van der Waals surface area contributed by atoms with Crippen LogP contribution in [0.25, 0.3) is 0 Å². The fourth-order valence-corrected chi connectivity index (χ4v) is 2.44. The van der Waals surface area contributed by atoms with Crippen molar-refractivity contribution in [2.45, 2.75) is 38.8 Å².